The summed E-state index contributed by atoms with van der Waals surface area (Å²) >= 11 is 12.9. The Labute approximate surface area is 190 Å². The minimum Gasteiger partial charge on any atom is -0.496 e. The van der Waals surface area contributed by atoms with E-state index < -0.39 is 0 Å². The Hall–Kier alpha value is -3.02. The maximum Gasteiger partial charge on any atom is 0.255 e. The smallest absolute Gasteiger partial charge is 0.255 e. The number of rotatable bonds is 6. The van der Waals surface area contributed by atoms with Gasteiger partial charge in [0.15, 0.2) is 0 Å². The van der Waals surface area contributed by atoms with Crippen molar-refractivity contribution in [1.82, 2.24) is 14.9 Å². The summed E-state index contributed by atoms with van der Waals surface area (Å²) in [6.07, 6.45) is 0. The molecule has 1 unspecified atom stereocenters. The molecule has 1 aromatic heterocycles. The highest BCUT2D eigenvalue weighted by Crippen LogP contribution is 2.29. The molecule has 5 nitrogen and oxygen atoms in total. The predicted molar refractivity (Wildman–Crippen MR) is 124 cm³/mol. The number of carbonyl (C=O) groups excluding carboxylic acids is 1. The van der Waals surface area contributed by atoms with Gasteiger partial charge >= 0.3 is 0 Å². The average molecular weight is 454 g/mol. The lowest BCUT2D eigenvalue weighted by Gasteiger charge is -2.18. The third kappa shape index (κ3) is 4.24. The van der Waals surface area contributed by atoms with Crippen molar-refractivity contribution >= 4 is 40.1 Å². The van der Waals surface area contributed by atoms with Gasteiger partial charge in [0.2, 0.25) is 0 Å². The van der Waals surface area contributed by atoms with E-state index >= 15 is 0 Å². The highest BCUT2D eigenvalue weighted by Gasteiger charge is 2.21. The molecule has 31 heavy (non-hydrogen) atoms. The number of imidazole rings is 1. The number of carbonyl (C=O) groups is 1. The minimum atomic E-state index is -0.369. The largest absolute Gasteiger partial charge is 0.496 e. The molecular weight excluding hydrogens is 433 g/mol. The van der Waals surface area contributed by atoms with Gasteiger partial charge in [-0.25, -0.2) is 4.98 Å². The lowest BCUT2D eigenvalue weighted by Crippen LogP contribution is -2.29. The van der Waals surface area contributed by atoms with E-state index in [1.165, 1.54) is 0 Å². The summed E-state index contributed by atoms with van der Waals surface area (Å²) in [7, 11) is 1.54. The molecular formula is C24H21Cl2N3O2. The summed E-state index contributed by atoms with van der Waals surface area (Å²) in [6.45, 7) is 2.34. The fourth-order valence-electron chi connectivity index (χ4n) is 3.60. The first-order valence-electron chi connectivity index (χ1n) is 9.81. The number of hydrogen-bond donors (Lipinski definition) is 1. The Bertz CT molecular complexity index is 1230. The van der Waals surface area contributed by atoms with Gasteiger partial charge in [-0.2, -0.15) is 0 Å². The fourth-order valence-corrected chi connectivity index (χ4v) is 4.12. The first-order valence-corrected chi connectivity index (χ1v) is 10.6. The van der Waals surface area contributed by atoms with Crippen LogP contribution >= 0.6 is 23.2 Å². The number of halogens is 2. The molecule has 4 aromatic rings. The minimum absolute atomic E-state index is 0.237. The Morgan fingerprint density at radius 1 is 1.03 bits per heavy atom. The van der Waals surface area contributed by atoms with Crippen molar-refractivity contribution in [2.24, 2.45) is 0 Å². The molecule has 7 heteroatoms. The molecule has 0 bridgehead atoms. The van der Waals surface area contributed by atoms with Crippen molar-refractivity contribution < 1.29 is 9.53 Å². The van der Waals surface area contributed by atoms with Crippen molar-refractivity contribution in [3.8, 4) is 5.75 Å². The summed E-state index contributed by atoms with van der Waals surface area (Å²) in [6, 6.07) is 20.0. The second-order valence-electron chi connectivity index (χ2n) is 7.14. The van der Waals surface area contributed by atoms with Crippen molar-refractivity contribution in [1.29, 1.82) is 0 Å². The van der Waals surface area contributed by atoms with Crippen LogP contribution in [0.1, 0.15) is 34.7 Å². The van der Waals surface area contributed by atoms with E-state index in [4.69, 9.17) is 32.9 Å². The maximum atomic E-state index is 12.9. The van der Waals surface area contributed by atoms with Crippen LogP contribution in [-0.2, 0) is 6.54 Å². The molecule has 0 aliphatic carbocycles. The maximum absolute atomic E-state index is 12.9. The van der Waals surface area contributed by atoms with E-state index in [0.29, 0.717) is 33.7 Å². The van der Waals surface area contributed by atoms with Crippen molar-refractivity contribution in [2.75, 3.05) is 7.11 Å². The second kappa shape index (κ2) is 9.00. The molecule has 0 saturated heterocycles. The lowest BCUT2D eigenvalue weighted by atomic mass is 10.1. The van der Waals surface area contributed by atoms with E-state index in [2.05, 4.69) is 5.32 Å². The standard InChI is InChI=1S/C24H21Cl2N3O2/c1-15(27-24(30)16-8-3-6-13-22(16)31-2)23-28-20-11-4-5-12-21(20)29(23)14-17-18(25)9-7-10-19(17)26/h3-13,15H,14H2,1-2H3,(H,27,30). The van der Waals surface area contributed by atoms with Gasteiger partial charge in [-0.15, -0.1) is 0 Å². The summed E-state index contributed by atoms with van der Waals surface area (Å²) in [5.41, 5.74) is 3.04. The summed E-state index contributed by atoms with van der Waals surface area (Å²) in [5, 5.41) is 4.21. The van der Waals surface area contributed by atoms with E-state index in [1.54, 1.807) is 25.3 Å². The molecule has 1 N–H and O–H groups in total. The van der Waals surface area contributed by atoms with Gasteiger partial charge in [-0.05, 0) is 43.3 Å². The molecule has 1 amide bonds. The fraction of sp³-hybridized carbons (Fsp3) is 0.167. The molecule has 0 radical (unpaired) electrons. The monoisotopic (exact) mass is 453 g/mol. The quantitative estimate of drug-likeness (QED) is 0.395. The number of aromatic nitrogens is 2. The average Bonchev–Trinajstić information content (AvgIpc) is 3.15. The van der Waals surface area contributed by atoms with Gasteiger partial charge in [0, 0.05) is 15.6 Å². The van der Waals surface area contributed by atoms with Crippen LogP contribution in [0.2, 0.25) is 10.0 Å². The van der Waals surface area contributed by atoms with Crippen LogP contribution in [0.25, 0.3) is 11.0 Å². The van der Waals surface area contributed by atoms with Gasteiger partial charge in [0.05, 0.1) is 36.3 Å². The zero-order valence-corrected chi connectivity index (χ0v) is 18.6. The van der Waals surface area contributed by atoms with Crippen LogP contribution in [0.4, 0.5) is 0 Å². The van der Waals surface area contributed by atoms with Crippen LogP contribution in [0, 0.1) is 0 Å². The Morgan fingerprint density at radius 3 is 2.45 bits per heavy atom. The van der Waals surface area contributed by atoms with E-state index in [0.717, 1.165) is 16.6 Å². The van der Waals surface area contributed by atoms with E-state index in [1.807, 2.05) is 60.0 Å². The summed E-state index contributed by atoms with van der Waals surface area (Å²) < 4.78 is 7.36. The van der Waals surface area contributed by atoms with Gasteiger partial charge < -0.3 is 14.6 Å². The lowest BCUT2D eigenvalue weighted by molar-refractivity contribution is 0.0934. The number of methoxy groups -OCH3 is 1. The number of hydrogen-bond acceptors (Lipinski definition) is 3. The number of para-hydroxylation sites is 3. The van der Waals surface area contributed by atoms with Crippen LogP contribution in [-0.4, -0.2) is 22.6 Å². The van der Waals surface area contributed by atoms with E-state index in [9.17, 15) is 4.79 Å². The summed E-state index contributed by atoms with van der Waals surface area (Å²) in [4.78, 5) is 17.7. The van der Waals surface area contributed by atoms with Crippen LogP contribution in [0.15, 0.2) is 66.7 Å². The Morgan fingerprint density at radius 2 is 1.71 bits per heavy atom. The number of fused-ring (bicyclic) bond motifs is 1. The second-order valence-corrected chi connectivity index (χ2v) is 7.95. The topological polar surface area (TPSA) is 56.1 Å². The molecule has 4 rings (SSSR count). The molecule has 3 aromatic carbocycles. The number of ether oxygens (including phenoxy) is 1. The van der Waals surface area contributed by atoms with Gasteiger partial charge in [0.25, 0.3) is 5.91 Å². The normalized spacial score (nSPS) is 12.0. The highest BCUT2D eigenvalue weighted by molar-refractivity contribution is 6.36. The predicted octanol–water partition coefficient (Wildman–Crippen LogP) is 5.89. The van der Waals surface area contributed by atoms with Crippen molar-refractivity contribution in [3.63, 3.8) is 0 Å². The molecule has 0 saturated carbocycles. The Balaban J connectivity index is 1.72. The first-order chi connectivity index (χ1) is 15.0. The number of nitrogens with one attached hydrogen (secondary N) is 1. The van der Waals surface area contributed by atoms with Crippen LogP contribution in [0.5, 0.6) is 5.75 Å². The van der Waals surface area contributed by atoms with E-state index in [-0.39, 0.29) is 11.9 Å². The first kappa shape index (κ1) is 21.2. The number of nitrogens with zero attached hydrogens (tertiary/aromatic N) is 2. The highest BCUT2D eigenvalue weighted by atomic mass is 35.5. The number of benzene rings is 3. The van der Waals surface area contributed by atoms with Crippen LogP contribution in [0.3, 0.4) is 0 Å². The van der Waals surface area contributed by atoms with Gasteiger partial charge in [-0.1, -0.05) is 53.5 Å². The zero-order chi connectivity index (χ0) is 22.0. The summed E-state index contributed by atoms with van der Waals surface area (Å²) in [5.74, 6) is 0.989. The van der Waals surface area contributed by atoms with Crippen LogP contribution < -0.4 is 10.1 Å². The van der Waals surface area contributed by atoms with Crippen molar-refractivity contribution in [2.45, 2.75) is 19.5 Å². The van der Waals surface area contributed by atoms with Gasteiger partial charge in [0.1, 0.15) is 11.6 Å². The third-order valence-electron chi connectivity index (χ3n) is 5.15. The molecule has 1 heterocycles. The molecule has 0 aliphatic rings. The molecule has 0 aliphatic heterocycles. The van der Waals surface area contributed by atoms with Crippen molar-refractivity contribution in [3.05, 3.63) is 93.7 Å². The zero-order valence-electron chi connectivity index (χ0n) is 17.1. The van der Waals surface area contributed by atoms with Gasteiger partial charge in [-0.3, -0.25) is 4.79 Å². The number of amides is 1. The SMILES string of the molecule is COc1ccccc1C(=O)NC(C)c1nc2ccccc2n1Cc1c(Cl)cccc1Cl. The molecule has 0 spiro atoms. The third-order valence-corrected chi connectivity index (χ3v) is 5.86. The molecule has 1 atom stereocenters. The molecule has 158 valence electrons. The molecule has 0 fully saturated rings. The Kier molecular flexibility index (Phi) is 6.16.